The molecular weight excluding hydrogens is 394 g/mol. The molecule has 2 aromatic rings. The second-order valence-electron chi connectivity index (χ2n) is 6.22. The first-order valence-electron chi connectivity index (χ1n) is 8.82. The first-order chi connectivity index (χ1) is 14.0. The molecule has 0 unspecified atom stereocenters. The molecule has 1 aliphatic rings. The van der Waals surface area contributed by atoms with Gasteiger partial charge in [-0.2, -0.15) is 0 Å². The molecule has 0 bridgehead atoms. The second-order valence-corrected chi connectivity index (χ2v) is 7.14. The number of carbonyl (C=O) groups is 3. The number of hydrogen-bond donors (Lipinski definition) is 2. The highest BCUT2D eigenvalue weighted by atomic mass is 32.2. The summed E-state index contributed by atoms with van der Waals surface area (Å²) in [6, 6.07) is 12.0. The summed E-state index contributed by atoms with van der Waals surface area (Å²) in [5, 5.41) is 5.28. The van der Waals surface area contributed by atoms with Gasteiger partial charge in [-0.1, -0.05) is 23.9 Å². The van der Waals surface area contributed by atoms with Gasteiger partial charge in [0, 0.05) is 17.8 Å². The van der Waals surface area contributed by atoms with E-state index in [1.54, 1.807) is 56.7 Å². The predicted octanol–water partition coefficient (Wildman–Crippen LogP) is 3.22. The van der Waals surface area contributed by atoms with Crippen LogP contribution in [0.5, 0.6) is 11.5 Å². The fourth-order valence-corrected chi connectivity index (χ4v) is 3.51. The van der Waals surface area contributed by atoms with Gasteiger partial charge in [-0.05, 0) is 35.9 Å². The Morgan fingerprint density at radius 3 is 2.48 bits per heavy atom. The van der Waals surface area contributed by atoms with E-state index < -0.39 is 0 Å². The summed E-state index contributed by atoms with van der Waals surface area (Å²) < 4.78 is 10.5. The number of methoxy groups -OCH3 is 2. The highest BCUT2D eigenvalue weighted by molar-refractivity contribution is 8.14. The van der Waals surface area contributed by atoms with Crippen LogP contribution in [0.2, 0.25) is 0 Å². The number of imide groups is 1. The molecule has 1 aliphatic heterocycles. The Morgan fingerprint density at radius 1 is 1.10 bits per heavy atom. The summed E-state index contributed by atoms with van der Waals surface area (Å²) in [6.07, 6.45) is 0. The molecule has 9 heteroatoms. The van der Waals surface area contributed by atoms with Crippen molar-refractivity contribution < 1.29 is 23.9 Å². The third kappa shape index (κ3) is 5.20. The van der Waals surface area contributed by atoms with Crippen molar-refractivity contribution in [2.75, 3.05) is 25.3 Å². The molecule has 0 spiro atoms. The van der Waals surface area contributed by atoms with Crippen LogP contribution in [0.4, 0.5) is 15.3 Å². The molecule has 3 rings (SSSR count). The maximum absolute atomic E-state index is 12.2. The van der Waals surface area contributed by atoms with E-state index in [2.05, 4.69) is 10.6 Å². The van der Waals surface area contributed by atoms with E-state index in [0.29, 0.717) is 17.2 Å². The average Bonchev–Trinajstić information content (AvgIpc) is 3.05. The van der Waals surface area contributed by atoms with Crippen LogP contribution in [-0.2, 0) is 17.9 Å². The topological polar surface area (TPSA) is 97.0 Å². The van der Waals surface area contributed by atoms with Crippen molar-refractivity contribution >= 4 is 34.6 Å². The Kier molecular flexibility index (Phi) is 6.61. The molecule has 2 aromatic carbocycles. The van der Waals surface area contributed by atoms with Gasteiger partial charge in [0.2, 0.25) is 5.91 Å². The number of urea groups is 1. The molecule has 152 valence electrons. The van der Waals surface area contributed by atoms with Gasteiger partial charge in [0.25, 0.3) is 5.24 Å². The molecule has 8 nitrogen and oxygen atoms in total. The summed E-state index contributed by atoms with van der Waals surface area (Å²) in [5.74, 6) is 1.33. The molecule has 0 radical (unpaired) electrons. The Labute approximate surface area is 172 Å². The third-order valence-corrected chi connectivity index (χ3v) is 5.18. The first kappa shape index (κ1) is 20.5. The molecular formula is C20H21N3O5S. The number of carbonyl (C=O) groups excluding carboxylic acids is 3. The summed E-state index contributed by atoms with van der Waals surface area (Å²) >= 11 is 1.01. The van der Waals surface area contributed by atoms with Gasteiger partial charge in [0.15, 0.2) is 0 Å². The lowest BCUT2D eigenvalue weighted by Crippen LogP contribution is -2.28. The standard InChI is InChI=1S/C20H21N3O5S/c1-27-16-7-8-17(28-2)14(9-16)10-21-19(25)22-15-5-3-13(4-6-15)11-23-18(24)12-29-20(23)26/h3-9H,10-12H2,1-2H3,(H2,21,22,25). The van der Waals surface area contributed by atoms with Gasteiger partial charge in [-0.3, -0.25) is 14.5 Å². The van der Waals surface area contributed by atoms with Crippen molar-refractivity contribution in [2.45, 2.75) is 13.1 Å². The van der Waals surface area contributed by atoms with E-state index in [1.807, 2.05) is 0 Å². The number of rotatable bonds is 7. The quantitative estimate of drug-likeness (QED) is 0.721. The van der Waals surface area contributed by atoms with E-state index in [-0.39, 0.29) is 36.0 Å². The number of nitrogens with zero attached hydrogens (tertiary/aromatic N) is 1. The summed E-state index contributed by atoms with van der Waals surface area (Å²) in [7, 11) is 3.14. The number of amides is 4. The lowest BCUT2D eigenvalue weighted by molar-refractivity contribution is -0.125. The van der Waals surface area contributed by atoms with Gasteiger partial charge >= 0.3 is 6.03 Å². The zero-order valence-corrected chi connectivity index (χ0v) is 16.9. The molecule has 0 aromatic heterocycles. The third-order valence-electron chi connectivity index (χ3n) is 4.32. The van der Waals surface area contributed by atoms with Crippen LogP contribution in [0.1, 0.15) is 11.1 Å². The number of ether oxygens (including phenoxy) is 2. The van der Waals surface area contributed by atoms with Crippen LogP contribution in [0.15, 0.2) is 42.5 Å². The first-order valence-corrected chi connectivity index (χ1v) is 9.80. The average molecular weight is 415 g/mol. The number of nitrogens with one attached hydrogen (secondary N) is 2. The highest BCUT2D eigenvalue weighted by Crippen LogP contribution is 2.24. The smallest absolute Gasteiger partial charge is 0.319 e. The molecule has 1 fully saturated rings. The van der Waals surface area contributed by atoms with Gasteiger partial charge in [0.05, 0.1) is 26.5 Å². The zero-order valence-electron chi connectivity index (χ0n) is 16.1. The van der Waals surface area contributed by atoms with Crippen molar-refractivity contribution in [3.8, 4) is 11.5 Å². The minimum absolute atomic E-state index is 0.186. The normalized spacial score (nSPS) is 13.4. The van der Waals surface area contributed by atoms with E-state index in [0.717, 1.165) is 22.9 Å². The lowest BCUT2D eigenvalue weighted by atomic mass is 10.2. The van der Waals surface area contributed by atoms with E-state index in [4.69, 9.17) is 9.47 Å². The van der Waals surface area contributed by atoms with Crippen LogP contribution in [0, 0.1) is 0 Å². The summed E-state index contributed by atoms with van der Waals surface area (Å²) in [6.45, 7) is 0.494. The van der Waals surface area contributed by atoms with Crippen molar-refractivity contribution in [1.29, 1.82) is 0 Å². The maximum atomic E-state index is 12.2. The lowest BCUT2D eigenvalue weighted by Gasteiger charge is -2.14. The summed E-state index contributed by atoms with van der Waals surface area (Å²) in [5.41, 5.74) is 2.19. The number of hydrogen-bond acceptors (Lipinski definition) is 6. The van der Waals surface area contributed by atoms with Crippen molar-refractivity contribution in [2.24, 2.45) is 0 Å². The molecule has 0 aliphatic carbocycles. The minimum atomic E-state index is -0.371. The largest absolute Gasteiger partial charge is 0.497 e. The van der Waals surface area contributed by atoms with Gasteiger partial charge in [-0.15, -0.1) is 0 Å². The SMILES string of the molecule is COc1ccc(OC)c(CNC(=O)Nc2ccc(CN3C(=O)CSC3=O)cc2)c1. The predicted molar refractivity (Wildman–Crippen MR) is 110 cm³/mol. The highest BCUT2D eigenvalue weighted by Gasteiger charge is 2.29. The number of thioether (sulfide) groups is 1. The van der Waals surface area contributed by atoms with Crippen LogP contribution >= 0.6 is 11.8 Å². The fourth-order valence-electron chi connectivity index (χ4n) is 2.78. The van der Waals surface area contributed by atoms with Crippen LogP contribution in [0.3, 0.4) is 0 Å². The molecule has 2 N–H and O–H groups in total. The van der Waals surface area contributed by atoms with Crippen LogP contribution in [-0.4, -0.2) is 42.0 Å². The van der Waals surface area contributed by atoms with Crippen molar-refractivity contribution in [3.63, 3.8) is 0 Å². The Balaban J connectivity index is 1.54. The van der Waals surface area contributed by atoms with Gasteiger partial charge in [-0.25, -0.2) is 4.79 Å². The Hall–Kier alpha value is -3.20. The summed E-state index contributed by atoms with van der Waals surface area (Å²) in [4.78, 5) is 36.8. The minimum Gasteiger partial charge on any atom is -0.497 e. The van der Waals surface area contributed by atoms with Crippen LogP contribution < -0.4 is 20.1 Å². The molecule has 1 saturated heterocycles. The van der Waals surface area contributed by atoms with Gasteiger partial charge < -0.3 is 20.1 Å². The van der Waals surface area contributed by atoms with Crippen molar-refractivity contribution in [1.82, 2.24) is 10.2 Å². The Bertz CT molecular complexity index is 901. The van der Waals surface area contributed by atoms with E-state index in [9.17, 15) is 14.4 Å². The van der Waals surface area contributed by atoms with Crippen molar-refractivity contribution in [3.05, 3.63) is 53.6 Å². The fraction of sp³-hybridized carbons (Fsp3) is 0.250. The monoisotopic (exact) mass is 415 g/mol. The maximum Gasteiger partial charge on any atom is 0.319 e. The zero-order chi connectivity index (χ0) is 20.8. The van der Waals surface area contributed by atoms with Crippen LogP contribution in [0.25, 0.3) is 0 Å². The molecule has 0 saturated carbocycles. The van der Waals surface area contributed by atoms with E-state index >= 15 is 0 Å². The second kappa shape index (κ2) is 9.33. The number of benzene rings is 2. The molecule has 0 atom stereocenters. The van der Waals surface area contributed by atoms with Gasteiger partial charge in [0.1, 0.15) is 11.5 Å². The number of anilines is 1. The molecule has 29 heavy (non-hydrogen) atoms. The molecule has 1 heterocycles. The Morgan fingerprint density at radius 2 is 1.86 bits per heavy atom. The van der Waals surface area contributed by atoms with E-state index in [1.165, 1.54) is 4.90 Å². The molecule has 4 amide bonds.